The van der Waals surface area contributed by atoms with E-state index in [-0.39, 0.29) is 56.2 Å². The van der Waals surface area contributed by atoms with Gasteiger partial charge in [-0.2, -0.15) is 0 Å². The predicted octanol–water partition coefficient (Wildman–Crippen LogP) is 11.5. The first kappa shape index (κ1) is 53.4. The SMILES string of the molecule is CCCCN(CCCC)C(=O)c1cn(CCO[Si](C)(C)C(C)(C)C)c(-c2ccc(C(=O)NS(=O)(=O)c3ccc4ccccc4c3)cc2C(=O)N2Cc3ccccc3CC2CO[Si](C)(C)C(C)(C)C)n1. The summed E-state index contributed by atoms with van der Waals surface area (Å²) in [5.41, 5.74) is 2.90. The van der Waals surface area contributed by atoms with Crippen LogP contribution in [-0.2, 0) is 38.4 Å². The summed E-state index contributed by atoms with van der Waals surface area (Å²) in [4.78, 5) is 53.1. The zero-order valence-electron chi connectivity index (χ0n) is 43.1. The number of sulfonamides is 1. The Balaban J connectivity index is 1.49. The molecule has 1 N–H and O–H groups in total. The van der Waals surface area contributed by atoms with Crippen LogP contribution in [0, 0.1) is 0 Å². The van der Waals surface area contributed by atoms with E-state index in [1.54, 1.807) is 18.3 Å². The van der Waals surface area contributed by atoms with Crippen molar-refractivity contribution >= 4 is 55.2 Å². The molecular weight excluding hydrogens is 919 g/mol. The number of hydrogen-bond acceptors (Lipinski definition) is 8. The van der Waals surface area contributed by atoms with E-state index in [0.29, 0.717) is 56.0 Å². The Labute approximate surface area is 413 Å². The maximum absolute atomic E-state index is 15.7. The number of rotatable bonds is 19. The number of carbonyl (C=O) groups is 3. The lowest BCUT2D eigenvalue weighted by atomic mass is 9.92. The van der Waals surface area contributed by atoms with Gasteiger partial charge in [0, 0.05) is 43.5 Å². The van der Waals surface area contributed by atoms with Gasteiger partial charge in [-0.1, -0.05) is 123 Å². The lowest BCUT2D eigenvalue weighted by molar-refractivity contribution is 0.0555. The number of hydrogen-bond donors (Lipinski definition) is 1. The molecule has 69 heavy (non-hydrogen) atoms. The average Bonchev–Trinajstić information content (AvgIpc) is 3.72. The van der Waals surface area contributed by atoms with Crippen LogP contribution in [0.4, 0.5) is 0 Å². The highest BCUT2D eigenvalue weighted by Gasteiger charge is 2.41. The second kappa shape index (κ2) is 21.6. The maximum Gasteiger partial charge on any atom is 0.274 e. The van der Waals surface area contributed by atoms with Crippen molar-refractivity contribution in [2.75, 3.05) is 26.3 Å². The predicted molar refractivity (Wildman–Crippen MR) is 282 cm³/mol. The van der Waals surface area contributed by atoms with Crippen LogP contribution in [0.1, 0.15) is 123 Å². The molecule has 0 aliphatic carbocycles. The number of fused-ring (bicyclic) bond motifs is 2. The Morgan fingerprint density at radius 2 is 1.39 bits per heavy atom. The van der Waals surface area contributed by atoms with E-state index in [1.165, 1.54) is 24.3 Å². The maximum atomic E-state index is 15.7. The lowest BCUT2D eigenvalue weighted by Crippen LogP contribution is -2.50. The minimum Gasteiger partial charge on any atom is -0.415 e. The standard InChI is InChI=1S/C54H75N5O7SSi2/c1-13-15-29-57(30-16-14-2)52(62)48-37-58(31-32-65-68(9,10)53(3,4)5)49(55-48)46-28-26-42(50(60)56-67(63,64)45-27-25-39-21-17-18-23-41(39)34-45)35-47(46)51(61)59-36-43-24-20-19-22-40(43)33-44(59)38-66-69(11,12)54(6,7)8/h17-28,34-35,37,44H,13-16,29-33,36,38H2,1-12H3,(H,56,60). The number of nitrogens with one attached hydrogen (secondary N) is 1. The molecule has 1 unspecified atom stereocenters. The highest BCUT2D eigenvalue weighted by Crippen LogP contribution is 2.39. The van der Waals surface area contributed by atoms with Gasteiger partial charge in [-0.15, -0.1) is 0 Å². The minimum atomic E-state index is -4.34. The van der Waals surface area contributed by atoms with Crippen molar-refractivity contribution < 1.29 is 31.7 Å². The number of nitrogens with zero attached hydrogens (tertiary/aromatic N) is 4. The Bertz CT molecular complexity index is 2750. The molecule has 1 atom stereocenters. The molecular formula is C54H75N5O7SSi2. The second-order valence-electron chi connectivity index (χ2n) is 21.6. The number of imidazole rings is 1. The van der Waals surface area contributed by atoms with E-state index in [1.807, 2.05) is 56.8 Å². The normalized spacial score (nSPS) is 14.7. The summed E-state index contributed by atoms with van der Waals surface area (Å²) in [6.45, 7) is 28.6. The van der Waals surface area contributed by atoms with Crippen molar-refractivity contribution in [3.63, 3.8) is 0 Å². The van der Waals surface area contributed by atoms with Gasteiger partial charge in [0.25, 0.3) is 27.7 Å². The smallest absolute Gasteiger partial charge is 0.274 e. The van der Waals surface area contributed by atoms with Crippen molar-refractivity contribution in [2.24, 2.45) is 0 Å². The van der Waals surface area contributed by atoms with Gasteiger partial charge in [-0.05, 0) is 108 Å². The average molecular weight is 994 g/mol. The summed E-state index contributed by atoms with van der Waals surface area (Å²) in [5, 5.41) is 1.46. The molecule has 15 heteroatoms. The summed E-state index contributed by atoms with van der Waals surface area (Å²) in [6.07, 6.45) is 5.87. The van der Waals surface area contributed by atoms with Gasteiger partial charge in [-0.25, -0.2) is 18.1 Å². The molecule has 12 nitrogen and oxygen atoms in total. The van der Waals surface area contributed by atoms with Crippen LogP contribution in [0.15, 0.2) is 96.0 Å². The van der Waals surface area contributed by atoms with E-state index in [4.69, 9.17) is 13.8 Å². The summed E-state index contributed by atoms with van der Waals surface area (Å²) < 4.78 is 45.4. The molecule has 0 saturated heterocycles. The Morgan fingerprint density at radius 3 is 2.03 bits per heavy atom. The Morgan fingerprint density at radius 1 is 0.783 bits per heavy atom. The molecule has 372 valence electrons. The molecule has 4 aromatic carbocycles. The molecule has 5 aromatic rings. The number of unbranched alkanes of at least 4 members (excludes halogenated alkanes) is 2. The van der Waals surface area contributed by atoms with Crippen LogP contribution in [0.5, 0.6) is 0 Å². The fourth-order valence-corrected chi connectivity index (χ4v) is 11.1. The molecule has 1 aromatic heterocycles. The first-order chi connectivity index (χ1) is 32.4. The summed E-state index contributed by atoms with van der Waals surface area (Å²) in [5.74, 6) is -1.09. The molecule has 0 saturated carbocycles. The van der Waals surface area contributed by atoms with E-state index in [0.717, 1.165) is 42.2 Å². The zero-order valence-corrected chi connectivity index (χ0v) is 45.9. The molecule has 1 aliphatic heterocycles. The molecule has 2 heterocycles. The van der Waals surface area contributed by atoms with Crippen LogP contribution in [0.25, 0.3) is 22.2 Å². The summed E-state index contributed by atoms with van der Waals surface area (Å²) >= 11 is 0. The molecule has 0 fully saturated rings. The number of benzene rings is 4. The van der Waals surface area contributed by atoms with Crippen molar-refractivity contribution in [1.29, 1.82) is 0 Å². The fraction of sp³-hybridized carbons (Fsp3) is 0.481. The van der Waals surface area contributed by atoms with Gasteiger partial charge in [0.05, 0.1) is 29.7 Å². The first-order valence-electron chi connectivity index (χ1n) is 24.6. The highest BCUT2D eigenvalue weighted by molar-refractivity contribution is 7.90. The monoisotopic (exact) mass is 993 g/mol. The van der Waals surface area contributed by atoms with E-state index < -0.39 is 32.6 Å². The highest BCUT2D eigenvalue weighted by atomic mass is 32.2. The zero-order chi connectivity index (χ0) is 50.5. The van der Waals surface area contributed by atoms with Gasteiger partial charge in [-0.3, -0.25) is 14.4 Å². The van der Waals surface area contributed by atoms with Gasteiger partial charge in [0.15, 0.2) is 16.6 Å². The van der Waals surface area contributed by atoms with E-state index in [9.17, 15) is 18.0 Å². The third kappa shape index (κ3) is 12.5. The van der Waals surface area contributed by atoms with Crippen molar-refractivity contribution in [2.45, 2.75) is 148 Å². The quantitative estimate of drug-likeness (QED) is 0.0807. The fourth-order valence-electron chi connectivity index (χ4n) is 7.98. The van der Waals surface area contributed by atoms with Crippen LogP contribution in [-0.4, -0.2) is 94.5 Å². The van der Waals surface area contributed by atoms with Crippen LogP contribution < -0.4 is 4.72 Å². The van der Waals surface area contributed by atoms with Gasteiger partial charge >= 0.3 is 0 Å². The van der Waals surface area contributed by atoms with Crippen molar-refractivity contribution in [3.8, 4) is 11.4 Å². The molecule has 6 rings (SSSR count). The van der Waals surface area contributed by atoms with E-state index >= 15 is 4.79 Å². The second-order valence-corrected chi connectivity index (χ2v) is 32.9. The molecule has 0 spiro atoms. The summed E-state index contributed by atoms with van der Waals surface area (Å²) in [6, 6.07) is 24.5. The van der Waals surface area contributed by atoms with Gasteiger partial charge in [0.1, 0.15) is 11.5 Å². The molecule has 3 amide bonds. The van der Waals surface area contributed by atoms with Crippen LogP contribution >= 0.6 is 0 Å². The van der Waals surface area contributed by atoms with Gasteiger partial charge in [0.2, 0.25) is 0 Å². The lowest BCUT2D eigenvalue weighted by Gasteiger charge is -2.41. The molecule has 0 bridgehead atoms. The third-order valence-corrected chi connectivity index (χ3v) is 24.9. The third-order valence-electron chi connectivity index (χ3n) is 14.5. The Hall–Kier alpha value is -4.94. The Kier molecular flexibility index (Phi) is 16.7. The topological polar surface area (TPSA) is 140 Å². The molecule has 1 aliphatic rings. The number of carbonyl (C=O) groups excluding carboxylic acids is 3. The van der Waals surface area contributed by atoms with Crippen molar-refractivity contribution in [1.82, 2.24) is 24.1 Å². The molecule has 0 radical (unpaired) electrons. The first-order valence-corrected chi connectivity index (χ1v) is 31.9. The minimum absolute atomic E-state index is 0.0288. The van der Waals surface area contributed by atoms with Gasteiger partial charge < -0.3 is 23.2 Å². The largest absolute Gasteiger partial charge is 0.415 e. The van der Waals surface area contributed by atoms with Crippen LogP contribution in [0.3, 0.4) is 0 Å². The van der Waals surface area contributed by atoms with E-state index in [2.05, 4.69) is 92.4 Å². The van der Waals surface area contributed by atoms with Crippen molar-refractivity contribution in [3.05, 3.63) is 119 Å². The number of aromatic nitrogens is 2. The van der Waals surface area contributed by atoms with Crippen LogP contribution in [0.2, 0.25) is 36.3 Å². The number of amides is 3. The summed E-state index contributed by atoms with van der Waals surface area (Å²) in [7, 11) is -8.79.